The van der Waals surface area contributed by atoms with Crippen LogP contribution in [0.15, 0.2) is 0 Å². The van der Waals surface area contributed by atoms with Crippen LogP contribution in [0, 0.1) is 11.3 Å². The minimum atomic E-state index is -0.823. The Morgan fingerprint density at radius 2 is 1.94 bits per heavy atom. The lowest BCUT2D eigenvalue weighted by molar-refractivity contribution is -0.157. The summed E-state index contributed by atoms with van der Waals surface area (Å²) >= 11 is 0. The van der Waals surface area contributed by atoms with Crippen LogP contribution in [0.2, 0.25) is 0 Å². The van der Waals surface area contributed by atoms with Crippen LogP contribution in [0.25, 0.3) is 0 Å². The number of amides is 1. The van der Waals surface area contributed by atoms with Crippen LogP contribution in [-0.2, 0) is 9.59 Å². The average molecular weight is 241 g/mol. The van der Waals surface area contributed by atoms with E-state index in [4.69, 9.17) is 5.11 Å². The normalized spacial score (nSPS) is 19.5. The first kappa shape index (κ1) is 14.0. The smallest absolute Gasteiger partial charge is 0.310 e. The summed E-state index contributed by atoms with van der Waals surface area (Å²) in [6.45, 7) is 6.15. The second-order valence-electron chi connectivity index (χ2n) is 5.44. The number of hydrogen-bond donors (Lipinski definition) is 2. The average Bonchev–Trinajstić information content (AvgIpc) is 2.18. The predicted molar refractivity (Wildman–Crippen MR) is 65.6 cm³/mol. The van der Waals surface area contributed by atoms with E-state index >= 15 is 0 Å². The third-order valence-electron chi connectivity index (χ3n) is 3.85. The summed E-state index contributed by atoms with van der Waals surface area (Å²) in [5, 5.41) is 12.1. The van der Waals surface area contributed by atoms with E-state index in [0.717, 1.165) is 12.8 Å². The van der Waals surface area contributed by atoms with Gasteiger partial charge in [0.25, 0.3) is 0 Å². The van der Waals surface area contributed by atoms with E-state index in [-0.39, 0.29) is 18.4 Å². The van der Waals surface area contributed by atoms with Gasteiger partial charge in [-0.25, -0.2) is 0 Å². The molecule has 0 saturated heterocycles. The molecule has 0 radical (unpaired) electrons. The molecular weight excluding hydrogens is 218 g/mol. The van der Waals surface area contributed by atoms with Gasteiger partial charge in [-0.3, -0.25) is 9.59 Å². The molecule has 1 unspecified atom stereocenters. The fourth-order valence-corrected chi connectivity index (χ4v) is 2.38. The molecule has 0 spiro atoms. The minimum Gasteiger partial charge on any atom is -0.481 e. The summed E-state index contributed by atoms with van der Waals surface area (Å²) in [4.78, 5) is 23.0. The van der Waals surface area contributed by atoms with Gasteiger partial charge in [-0.15, -0.1) is 0 Å². The zero-order valence-corrected chi connectivity index (χ0v) is 11.0. The zero-order chi connectivity index (χ0) is 13.1. The quantitative estimate of drug-likeness (QED) is 0.749. The fraction of sp³-hybridized carbons (Fsp3) is 0.846. The van der Waals surface area contributed by atoms with Gasteiger partial charge in [0.05, 0.1) is 5.41 Å². The molecular formula is C13H23NO3. The van der Waals surface area contributed by atoms with Gasteiger partial charge < -0.3 is 10.4 Å². The topological polar surface area (TPSA) is 66.4 Å². The molecule has 17 heavy (non-hydrogen) atoms. The molecule has 2 N–H and O–H groups in total. The van der Waals surface area contributed by atoms with Crippen LogP contribution < -0.4 is 5.32 Å². The Labute approximate surface area is 103 Å². The Balaban J connectivity index is 2.51. The lowest BCUT2D eigenvalue weighted by Crippen LogP contribution is -2.45. The summed E-state index contributed by atoms with van der Waals surface area (Å²) in [5.41, 5.74) is -0.778. The molecule has 4 heteroatoms. The van der Waals surface area contributed by atoms with E-state index in [2.05, 4.69) is 19.2 Å². The van der Waals surface area contributed by atoms with Crippen molar-refractivity contribution in [2.24, 2.45) is 11.3 Å². The first-order chi connectivity index (χ1) is 7.91. The third-order valence-corrected chi connectivity index (χ3v) is 3.85. The summed E-state index contributed by atoms with van der Waals surface area (Å²) in [6, 6.07) is 0.147. The number of carboxylic acids is 1. The molecule has 98 valence electrons. The Bertz CT molecular complexity index is 295. The number of hydrogen-bond acceptors (Lipinski definition) is 2. The Morgan fingerprint density at radius 3 is 2.24 bits per heavy atom. The van der Waals surface area contributed by atoms with Crippen molar-refractivity contribution in [2.75, 3.05) is 0 Å². The van der Waals surface area contributed by atoms with Gasteiger partial charge in [0, 0.05) is 12.5 Å². The van der Waals surface area contributed by atoms with Gasteiger partial charge in [0.15, 0.2) is 0 Å². The number of rotatable bonds is 6. The predicted octanol–water partition coefficient (Wildman–Crippen LogP) is 2.18. The van der Waals surface area contributed by atoms with E-state index in [9.17, 15) is 9.59 Å². The van der Waals surface area contributed by atoms with Gasteiger partial charge in [-0.05, 0) is 25.2 Å². The van der Waals surface area contributed by atoms with Gasteiger partial charge in [-0.1, -0.05) is 27.2 Å². The summed E-state index contributed by atoms with van der Waals surface area (Å²) in [7, 11) is 0. The van der Waals surface area contributed by atoms with Crippen LogP contribution in [0.5, 0.6) is 0 Å². The minimum absolute atomic E-state index is 0.118. The summed E-state index contributed by atoms with van der Waals surface area (Å²) in [5.74, 6) is -0.560. The molecule has 1 saturated carbocycles. The highest BCUT2D eigenvalue weighted by molar-refractivity contribution is 5.85. The monoisotopic (exact) mass is 241 g/mol. The molecule has 0 heterocycles. The van der Waals surface area contributed by atoms with Gasteiger partial charge in [0.1, 0.15) is 0 Å². The Kier molecular flexibility index (Phi) is 4.54. The van der Waals surface area contributed by atoms with Crippen molar-refractivity contribution in [3.63, 3.8) is 0 Å². The van der Waals surface area contributed by atoms with Crippen molar-refractivity contribution in [3.8, 4) is 0 Å². The number of aliphatic carboxylic acids is 1. The molecule has 1 amide bonds. The SMILES string of the molecule is CCC(NC(=O)CC1(C(=O)O)CCC1)C(C)C. The van der Waals surface area contributed by atoms with Crippen LogP contribution in [0.1, 0.15) is 52.9 Å². The van der Waals surface area contributed by atoms with Crippen LogP contribution in [-0.4, -0.2) is 23.0 Å². The van der Waals surface area contributed by atoms with E-state index in [0.29, 0.717) is 18.8 Å². The highest BCUT2D eigenvalue weighted by Gasteiger charge is 2.46. The molecule has 0 aliphatic heterocycles. The number of carbonyl (C=O) groups excluding carboxylic acids is 1. The molecule has 1 fully saturated rings. The highest BCUT2D eigenvalue weighted by Crippen LogP contribution is 2.44. The van der Waals surface area contributed by atoms with Crippen LogP contribution in [0.4, 0.5) is 0 Å². The molecule has 1 rings (SSSR count). The van der Waals surface area contributed by atoms with E-state index in [1.54, 1.807) is 0 Å². The van der Waals surface area contributed by atoms with E-state index in [1.165, 1.54) is 0 Å². The number of carbonyl (C=O) groups is 2. The summed E-state index contributed by atoms with van der Waals surface area (Å²) in [6.07, 6.45) is 3.19. The maximum Gasteiger partial charge on any atom is 0.310 e. The van der Waals surface area contributed by atoms with Crippen molar-refractivity contribution in [1.29, 1.82) is 0 Å². The zero-order valence-electron chi connectivity index (χ0n) is 11.0. The maximum absolute atomic E-state index is 11.9. The number of nitrogens with one attached hydrogen (secondary N) is 1. The Hall–Kier alpha value is -1.06. The second-order valence-corrected chi connectivity index (χ2v) is 5.44. The molecule has 4 nitrogen and oxygen atoms in total. The van der Waals surface area contributed by atoms with E-state index < -0.39 is 11.4 Å². The van der Waals surface area contributed by atoms with Crippen molar-refractivity contribution in [2.45, 2.75) is 58.9 Å². The molecule has 1 atom stereocenters. The molecule has 1 aliphatic rings. The lowest BCUT2D eigenvalue weighted by atomic mass is 9.66. The van der Waals surface area contributed by atoms with E-state index in [1.807, 2.05) is 6.92 Å². The number of carboxylic acid groups (broad SMARTS) is 1. The van der Waals surface area contributed by atoms with Crippen molar-refractivity contribution >= 4 is 11.9 Å². The second kappa shape index (κ2) is 5.52. The van der Waals surface area contributed by atoms with Gasteiger partial charge in [-0.2, -0.15) is 0 Å². The van der Waals surface area contributed by atoms with Crippen molar-refractivity contribution < 1.29 is 14.7 Å². The molecule has 0 aromatic heterocycles. The molecule has 1 aliphatic carbocycles. The highest BCUT2D eigenvalue weighted by atomic mass is 16.4. The first-order valence-corrected chi connectivity index (χ1v) is 6.44. The largest absolute Gasteiger partial charge is 0.481 e. The fourth-order valence-electron chi connectivity index (χ4n) is 2.38. The van der Waals surface area contributed by atoms with Crippen molar-refractivity contribution in [1.82, 2.24) is 5.32 Å². The molecule has 0 aromatic rings. The molecule has 0 bridgehead atoms. The first-order valence-electron chi connectivity index (χ1n) is 6.44. The van der Waals surface area contributed by atoms with Crippen LogP contribution in [0.3, 0.4) is 0 Å². The Morgan fingerprint density at radius 1 is 1.35 bits per heavy atom. The van der Waals surface area contributed by atoms with Crippen LogP contribution >= 0.6 is 0 Å². The van der Waals surface area contributed by atoms with Crippen molar-refractivity contribution in [3.05, 3.63) is 0 Å². The maximum atomic E-state index is 11.9. The summed E-state index contributed by atoms with van der Waals surface area (Å²) < 4.78 is 0. The molecule has 0 aromatic carbocycles. The standard InChI is InChI=1S/C13H23NO3/c1-4-10(9(2)3)14-11(15)8-13(12(16)17)6-5-7-13/h9-10H,4-8H2,1-3H3,(H,14,15)(H,16,17). The van der Waals surface area contributed by atoms with Gasteiger partial charge >= 0.3 is 5.97 Å². The lowest BCUT2D eigenvalue weighted by Gasteiger charge is -2.37. The van der Waals surface area contributed by atoms with Gasteiger partial charge in [0.2, 0.25) is 5.91 Å². The third kappa shape index (κ3) is 3.20.